The lowest BCUT2D eigenvalue weighted by molar-refractivity contribution is -0.139. The molecule has 0 aliphatic rings. The topological polar surface area (TPSA) is 75.6 Å². The molecule has 0 spiro atoms. The largest absolute Gasteiger partial charge is 0.482 e. The molecule has 6 heteroatoms. The predicted octanol–water partition coefficient (Wildman–Crippen LogP) is 6.42. The second-order valence-electron chi connectivity index (χ2n) is 9.40. The number of amides is 1. The zero-order chi connectivity index (χ0) is 27.5. The minimum Gasteiger partial charge on any atom is -0.482 e. The molecule has 0 atom stereocenters. The minimum absolute atomic E-state index is 0.127. The molecule has 4 aromatic carbocycles. The highest BCUT2D eigenvalue weighted by Gasteiger charge is 2.17. The summed E-state index contributed by atoms with van der Waals surface area (Å²) in [5.74, 6) is -0.984. The maximum absolute atomic E-state index is 14.2. The van der Waals surface area contributed by atoms with E-state index in [1.54, 1.807) is 18.2 Å². The number of hydrogen-bond donors (Lipinski definition) is 2. The van der Waals surface area contributed by atoms with Crippen molar-refractivity contribution in [2.24, 2.45) is 0 Å². The number of carboxylic acids is 1. The highest BCUT2D eigenvalue weighted by Crippen LogP contribution is 2.30. The van der Waals surface area contributed by atoms with Crippen LogP contribution in [0, 0.1) is 5.82 Å². The molecule has 0 aliphatic heterocycles. The van der Waals surface area contributed by atoms with Gasteiger partial charge in [-0.3, -0.25) is 4.79 Å². The first-order chi connectivity index (χ1) is 19.0. The lowest BCUT2D eigenvalue weighted by atomic mass is 9.85. The summed E-state index contributed by atoms with van der Waals surface area (Å²) in [6.07, 6.45) is 2.67. The summed E-state index contributed by atoms with van der Waals surface area (Å²) < 4.78 is 19.5. The van der Waals surface area contributed by atoms with Crippen LogP contribution >= 0.6 is 0 Å². The number of rotatable bonds is 13. The van der Waals surface area contributed by atoms with E-state index in [0.29, 0.717) is 42.7 Å². The first-order valence-electron chi connectivity index (χ1n) is 13.1. The van der Waals surface area contributed by atoms with Gasteiger partial charge in [0.2, 0.25) is 0 Å². The first kappa shape index (κ1) is 27.6. The van der Waals surface area contributed by atoms with Crippen LogP contribution in [0.4, 0.5) is 4.39 Å². The summed E-state index contributed by atoms with van der Waals surface area (Å²) in [5, 5.41) is 11.7. The SMILES string of the molecule is O=C(O)COc1cccc(CCCNC(=O)c2ccc(F)cc2CCC(c2ccccc2)c2ccccc2)c1. The zero-order valence-electron chi connectivity index (χ0n) is 21.7. The Balaban J connectivity index is 1.37. The molecule has 0 saturated carbocycles. The summed E-state index contributed by atoms with van der Waals surface area (Å²) in [5.41, 5.74) is 4.53. The Morgan fingerprint density at radius 2 is 1.51 bits per heavy atom. The van der Waals surface area contributed by atoms with Crippen LogP contribution in [0.15, 0.2) is 103 Å². The number of benzene rings is 4. The summed E-state index contributed by atoms with van der Waals surface area (Å²) in [4.78, 5) is 23.8. The predicted molar refractivity (Wildman–Crippen MR) is 150 cm³/mol. The van der Waals surface area contributed by atoms with Gasteiger partial charge in [0.05, 0.1) is 0 Å². The Morgan fingerprint density at radius 1 is 0.821 bits per heavy atom. The number of aliphatic carboxylic acids is 1. The van der Waals surface area contributed by atoms with Gasteiger partial charge in [0, 0.05) is 18.0 Å². The monoisotopic (exact) mass is 525 g/mol. The Kier molecular flexibility index (Phi) is 9.84. The average molecular weight is 526 g/mol. The summed E-state index contributed by atoms with van der Waals surface area (Å²) in [6, 6.07) is 32.1. The maximum atomic E-state index is 14.2. The maximum Gasteiger partial charge on any atom is 0.341 e. The van der Waals surface area contributed by atoms with Crippen molar-refractivity contribution in [2.75, 3.05) is 13.2 Å². The van der Waals surface area contributed by atoms with E-state index >= 15 is 0 Å². The van der Waals surface area contributed by atoms with Crippen LogP contribution in [0.2, 0.25) is 0 Å². The molecule has 200 valence electrons. The van der Waals surface area contributed by atoms with E-state index in [2.05, 4.69) is 29.6 Å². The fourth-order valence-electron chi connectivity index (χ4n) is 4.71. The molecule has 2 N–H and O–H groups in total. The van der Waals surface area contributed by atoms with Gasteiger partial charge in [-0.25, -0.2) is 9.18 Å². The van der Waals surface area contributed by atoms with Crippen molar-refractivity contribution in [1.82, 2.24) is 5.32 Å². The number of carboxylic acid groups (broad SMARTS) is 1. The third-order valence-electron chi connectivity index (χ3n) is 6.61. The van der Waals surface area contributed by atoms with E-state index in [1.807, 2.05) is 48.5 Å². The molecular weight excluding hydrogens is 493 g/mol. The molecular formula is C33H32FNO4. The first-order valence-corrected chi connectivity index (χ1v) is 13.1. The van der Waals surface area contributed by atoms with Crippen molar-refractivity contribution >= 4 is 11.9 Å². The van der Waals surface area contributed by atoms with Crippen molar-refractivity contribution in [3.05, 3.63) is 137 Å². The third-order valence-corrected chi connectivity index (χ3v) is 6.61. The summed E-state index contributed by atoms with van der Waals surface area (Å²) >= 11 is 0. The van der Waals surface area contributed by atoms with Gasteiger partial charge < -0.3 is 15.2 Å². The Bertz CT molecular complexity index is 1340. The van der Waals surface area contributed by atoms with Crippen LogP contribution in [0.3, 0.4) is 0 Å². The van der Waals surface area contributed by atoms with Crippen molar-refractivity contribution < 1.29 is 23.8 Å². The molecule has 0 saturated heterocycles. The second kappa shape index (κ2) is 13.9. The fourth-order valence-corrected chi connectivity index (χ4v) is 4.71. The number of nitrogens with one attached hydrogen (secondary N) is 1. The normalized spacial score (nSPS) is 10.8. The summed E-state index contributed by atoms with van der Waals surface area (Å²) in [7, 11) is 0. The molecule has 0 aromatic heterocycles. The highest BCUT2D eigenvalue weighted by atomic mass is 19.1. The van der Waals surface area contributed by atoms with Gasteiger partial charge in [0.1, 0.15) is 11.6 Å². The molecule has 0 fully saturated rings. The van der Waals surface area contributed by atoms with E-state index in [1.165, 1.54) is 23.3 Å². The van der Waals surface area contributed by atoms with Crippen LogP contribution < -0.4 is 10.1 Å². The molecule has 5 nitrogen and oxygen atoms in total. The van der Waals surface area contributed by atoms with Gasteiger partial charge in [-0.1, -0.05) is 72.8 Å². The van der Waals surface area contributed by atoms with Crippen molar-refractivity contribution in [3.63, 3.8) is 0 Å². The number of hydrogen-bond acceptors (Lipinski definition) is 3. The molecule has 1 amide bonds. The zero-order valence-corrected chi connectivity index (χ0v) is 21.7. The number of ether oxygens (including phenoxy) is 1. The Labute approximate surface area is 228 Å². The molecule has 4 rings (SSSR count). The Hall–Kier alpha value is -4.45. The number of carbonyl (C=O) groups is 2. The van der Waals surface area contributed by atoms with Gasteiger partial charge in [0.15, 0.2) is 6.61 Å². The molecule has 0 radical (unpaired) electrons. The van der Waals surface area contributed by atoms with Gasteiger partial charge in [-0.2, -0.15) is 0 Å². The molecule has 4 aromatic rings. The third kappa shape index (κ3) is 8.27. The van der Waals surface area contributed by atoms with E-state index in [9.17, 15) is 14.0 Å². The van der Waals surface area contributed by atoms with E-state index in [-0.39, 0.29) is 17.6 Å². The quantitative estimate of drug-likeness (QED) is 0.198. The van der Waals surface area contributed by atoms with Crippen molar-refractivity contribution in [2.45, 2.75) is 31.6 Å². The van der Waals surface area contributed by atoms with Crippen LogP contribution in [0.25, 0.3) is 0 Å². The molecule has 0 heterocycles. The van der Waals surface area contributed by atoms with Crippen molar-refractivity contribution in [1.29, 1.82) is 0 Å². The van der Waals surface area contributed by atoms with Gasteiger partial charge in [-0.15, -0.1) is 0 Å². The lowest BCUT2D eigenvalue weighted by Gasteiger charge is -2.19. The van der Waals surface area contributed by atoms with E-state index in [0.717, 1.165) is 12.0 Å². The minimum atomic E-state index is -1.03. The number of aryl methyl sites for hydroxylation is 2. The smallest absolute Gasteiger partial charge is 0.341 e. The standard InChI is InChI=1S/C33H32FNO4/c34-28-17-19-31(33(38)35-20-8-10-24-9-7-15-29(21-24)39-23-32(36)37)27(22-28)16-18-30(25-11-3-1-4-12-25)26-13-5-2-6-14-26/h1-7,9,11-15,17,19,21-22,30H,8,10,16,18,20,23H2,(H,35,38)(H,36,37). The second-order valence-corrected chi connectivity index (χ2v) is 9.40. The van der Waals surface area contributed by atoms with Crippen LogP contribution in [0.5, 0.6) is 5.75 Å². The molecule has 39 heavy (non-hydrogen) atoms. The number of halogens is 1. The molecule has 0 aliphatic carbocycles. The fraction of sp³-hybridized carbons (Fsp3) is 0.212. The van der Waals surface area contributed by atoms with Crippen LogP contribution in [-0.2, 0) is 17.6 Å². The molecule has 0 unspecified atom stereocenters. The lowest BCUT2D eigenvalue weighted by Crippen LogP contribution is -2.26. The highest BCUT2D eigenvalue weighted by molar-refractivity contribution is 5.95. The average Bonchev–Trinajstić information content (AvgIpc) is 2.96. The summed E-state index contributed by atoms with van der Waals surface area (Å²) in [6.45, 7) is 0.0590. The van der Waals surface area contributed by atoms with Gasteiger partial charge in [0.25, 0.3) is 5.91 Å². The van der Waals surface area contributed by atoms with Gasteiger partial charge in [-0.05, 0) is 78.3 Å². The van der Waals surface area contributed by atoms with Gasteiger partial charge >= 0.3 is 5.97 Å². The molecule has 0 bridgehead atoms. The number of carbonyl (C=O) groups excluding carboxylic acids is 1. The Morgan fingerprint density at radius 3 is 2.18 bits per heavy atom. The van der Waals surface area contributed by atoms with Crippen molar-refractivity contribution in [3.8, 4) is 5.75 Å². The van der Waals surface area contributed by atoms with Crippen LogP contribution in [-0.4, -0.2) is 30.1 Å². The van der Waals surface area contributed by atoms with E-state index < -0.39 is 12.6 Å². The van der Waals surface area contributed by atoms with E-state index in [4.69, 9.17) is 9.84 Å². The van der Waals surface area contributed by atoms with Crippen LogP contribution in [0.1, 0.15) is 51.4 Å².